The molecule has 0 radical (unpaired) electrons. The van der Waals surface area contributed by atoms with Crippen LogP contribution in [0.5, 0.6) is 0 Å². The summed E-state index contributed by atoms with van der Waals surface area (Å²) < 4.78 is 19.5. The molecule has 0 amide bonds. The van der Waals surface area contributed by atoms with Crippen LogP contribution in [0.2, 0.25) is 0 Å². The number of hydrogen-bond acceptors (Lipinski definition) is 8. The largest absolute Gasteiger partial charge is 0.466 e. The van der Waals surface area contributed by atoms with E-state index in [1.807, 2.05) is 0 Å². The van der Waals surface area contributed by atoms with Crippen LogP contribution in [0.1, 0.15) is 63.0 Å². The molecule has 50 heavy (non-hydrogen) atoms. The summed E-state index contributed by atoms with van der Waals surface area (Å²) in [5.74, 6) is 0.411. The Morgan fingerprint density at radius 3 is 2.70 bits per heavy atom. The van der Waals surface area contributed by atoms with Gasteiger partial charge in [0.2, 0.25) is 0 Å². The fraction of sp³-hybridized carbons (Fsp3) is 0.643. The lowest BCUT2D eigenvalue weighted by atomic mass is 9.44. The number of piperidine rings is 3. The van der Waals surface area contributed by atoms with Crippen molar-refractivity contribution in [1.82, 2.24) is 9.80 Å². The molecule has 2 aromatic rings. The lowest BCUT2D eigenvalue weighted by molar-refractivity contribution is -0.170. The van der Waals surface area contributed by atoms with E-state index in [9.17, 15) is 4.79 Å². The van der Waals surface area contributed by atoms with Crippen LogP contribution in [-0.4, -0.2) is 98.6 Å². The average molecular weight is 673 g/mol. The van der Waals surface area contributed by atoms with Crippen molar-refractivity contribution in [2.45, 2.75) is 99.1 Å². The van der Waals surface area contributed by atoms with Crippen molar-refractivity contribution in [3.05, 3.63) is 70.9 Å². The van der Waals surface area contributed by atoms with Gasteiger partial charge in [0.15, 0.2) is 0 Å². The minimum atomic E-state index is -0.231. The second kappa shape index (κ2) is 8.82. The van der Waals surface area contributed by atoms with E-state index in [0.29, 0.717) is 36.3 Å². The summed E-state index contributed by atoms with van der Waals surface area (Å²) in [5.41, 5.74) is 7.60. The summed E-state index contributed by atoms with van der Waals surface area (Å²) in [6.07, 6.45) is 8.60. The molecule has 0 aromatic heterocycles. The highest BCUT2D eigenvalue weighted by Crippen LogP contribution is 2.75. The molecule has 1 saturated carbocycles. The molecule has 12 atom stereocenters. The molecule has 2 aromatic carbocycles. The first-order valence-corrected chi connectivity index (χ1v) is 19.7. The minimum Gasteiger partial charge on any atom is -0.466 e. The van der Waals surface area contributed by atoms with E-state index in [1.165, 1.54) is 49.2 Å². The van der Waals surface area contributed by atoms with E-state index in [1.54, 1.807) is 12.7 Å². The van der Waals surface area contributed by atoms with Crippen LogP contribution >= 0.6 is 0 Å². The normalized spacial score (nSPS) is 49.3. The molecule has 2 aliphatic carbocycles. The van der Waals surface area contributed by atoms with Crippen LogP contribution in [0.3, 0.4) is 0 Å². The molecule has 8 nitrogen and oxygen atoms in total. The zero-order chi connectivity index (χ0) is 33.0. The van der Waals surface area contributed by atoms with Gasteiger partial charge in [0.05, 0.1) is 36.4 Å². The van der Waals surface area contributed by atoms with Crippen molar-refractivity contribution < 1.29 is 19.0 Å². The highest BCUT2D eigenvalue weighted by molar-refractivity contribution is 5.93. The Labute approximate surface area is 294 Å². The zero-order valence-corrected chi connectivity index (χ0v) is 29.3. The van der Waals surface area contributed by atoms with Gasteiger partial charge in [0.1, 0.15) is 0 Å². The second-order valence-electron chi connectivity index (χ2n) is 18.5. The van der Waals surface area contributed by atoms with E-state index in [4.69, 9.17) is 14.2 Å². The van der Waals surface area contributed by atoms with Gasteiger partial charge in [0.25, 0.3) is 0 Å². The number of anilines is 2. The second-order valence-corrected chi connectivity index (χ2v) is 18.5. The molecule has 13 rings (SSSR count). The molecule has 9 aliphatic heterocycles. The number of esters is 1. The van der Waals surface area contributed by atoms with Gasteiger partial charge in [-0.25, -0.2) is 4.79 Å². The molecule has 0 bridgehead atoms. The number of nitrogens with one attached hydrogen (secondary N) is 1. The molecule has 11 aliphatic rings. The SMILES string of the molecule is CCC12CC3CC4(CN5CCC67C(=C(C(=O)OC)CC8(CCOC48)C56)Nc4ccccc47)CN4c5ccccc5C5(CCN(CC6OC61)C25)C34. The van der Waals surface area contributed by atoms with Crippen molar-refractivity contribution >= 4 is 17.3 Å². The number of nitrogens with zero attached hydrogens (tertiary/aromatic N) is 3. The van der Waals surface area contributed by atoms with Gasteiger partial charge in [-0.15, -0.1) is 0 Å². The Hall–Kier alpha value is -2.91. The third kappa shape index (κ3) is 2.83. The Kier molecular flexibility index (Phi) is 5.05. The highest BCUT2D eigenvalue weighted by Gasteiger charge is 2.80. The molecule has 4 spiro atoms. The molecule has 9 heterocycles. The Morgan fingerprint density at radius 2 is 1.82 bits per heavy atom. The van der Waals surface area contributed by atoms with Crippen molar-refractivity contribution in [2.24, 2.45) is 22.2 Å². The molecule has 8 fully saturated rings. The van der Waals surface area contributed by atoms with Gasteiger partial charge >= 0.3 is 5.97 Å². The number of methoxy groups -OCH3 is 1. The Balaban J connectivity index is 0.999. The summed E-state index contributed by atoms with van der Waals surface area (Å²) >= 11 is 0. The summed E-state index contributed by atoms with van der Waals surface area (Å²) in [5, 5.41) is 3.82. The quantitative estimate of drug-likeness (QED) is 0.360. The minimum absolute atomic E-state index is 0.0266. The average Bonchev–Trinajstić information content (AvgIpc) is 3.50. The maximum atomic E-state index is 13.9. The number of ether oxygens (including phenoxy) is 3. The van der Waals surface area contributed by atoms with Crippen molar-refractivity contribution in [3.63, 3.8) is 0 Å². The maximum Gasteiger partial charge on any atom is 0.335 e. The smallest absolute Gasteiger partial charge is 0.335 e. The van der Waals surface area contributed by atoms with E-state index in [-0.39, 0.29) is 39.1 Å². The van der Waals surface area contributed by atoms with Crippen molar-refractivity contribution in [3.8, 4) is 0 Å². The first kappa shape index (κ1) is 28.6. The first-order valence-electron chi connectivity index (χ1n) is 19.7. The number of fused-ring (bicyclic) bond motifs is 6. The van der Waals surface area contributed by atoms with Gasteiger partial charge < -0.3 is 24.4 Å². The first-order chi connectivity index (χ1) is 24.4. The van der Waals surface area contributed by atoms with Crippen LogP contribution in [0.4, 0.5) is 11.4 Å². The fourth-order valence-electron chi connectivity index (χ4n) is 16.5. The number of hydrogen-bond donors (Lipinski definition) is 1. The number of epoxide rings is 1. The van der Waals surface area contributed by atoms with Gasteiger partial charge in [-0.05, 0) is 87.2 Å². The number of carbonyl (C=O) groups excluding carboxylic acids is 1. The van der Waals surface area contributed by atoms with Gasteiger partial charge in [-0.2, -0.15) is 0 Å². The highest BCUT2D eigenvalue weighted by atomic mass is 16.6. The van der Waals surface area contributed by atoms with Crippen LogP contribution in [0, 0.1) is 22.2 Å². The third-order valence-electron chi connectivity index (χ3n) is 17.2. The van der Waals surface area contributed by atoms with Crippen LogP contribution in [-0.2, 0) is 29.8 Å². The van der Waals surface area contributed by atoms with Crippen molar-refractivity contribution in [2.75, 3.05) is 56.7 Å². The predicted molar refractivity (Wildman–Crippen MR) is 188 cm³/mol. The number of carbonyl (C=O) groups is 1. The van der Waals surface area contributed by atoms with Gasteiger partial charge in [-0.3, -0.25) is 9.80 Å². The number of benzene rings is 2. The van der Waals surface area contributed by atoms with Crippen LogP contribution in [0.25, 0.3) is 0 Å². The van der Waals surface area contributed by atoms with E-state index >= 15 is 0 Å². The number of rotatable bonds is 2. The molecule has 1 N–H and O–H groups in total. The Morgan fingerprint density at radius 1 is 0.980 bits per heavy atom. The number of para-hydroxylation sites is 2. The summed E-state index contributed by atoms with van der Waals surface area (Å²) in [6, 6.07) is 19.8. The fourth-order valence-corrected chi connectivity index (χ4v) is 16.5. The van der Waals surface area contributed by atoms with Gasteiger partial charge in [0, 0.05) is 83.1 Å². The van der Waals surface area contributed by atoms with E-state index in [0.717, 1.165) is 63.3 Å². The Bertz CT molecular complexity index is 1950. The monoisotopic (exact) mass is 672 g/mol. The summed E-state index contributed by atoms with van der Waals surface area (Å²) in [6.45, 7) is 8.73. The lowest BCUT2D eigenvalue weighted by Crippen LogP contribution is -2.76. The lowest BCUT2D eigenvalue weighted by Gasteiger charge is -2.68. The van der Waals surface area contributed by atoms with E-state index < -0.39 is 0 Å². The molecular weight excluding hydrogens is 624 g/mol. The molecular formula is C42H48N4O4. The van der Waals surface area contributed by atoms with Crippen LogP contribution < -0.4 is 10.2 Å². The molecule has 260 valence electrons. The van der Waals surface area contributed by atoms with E-state index in [2.05, 4.69) is 75.5 Å². The zero-order valence-electron chi connectivity index (χ0n) is 29.3. The summed E-state index contributed by atoms with van der Waals surface area (Å²) in [4.78, 5) is 22.7. The van der Waals surface area contributed by atoms with Crippen molar-refractivity contribution in [1.29, 1.82) is 0 Å². The van der Waals surface area contributed by atoms with Gasteiger partial charge in [-0.1, -0.05) is 43.3 Å². The molecule has 8 heteroatoms. The predicted octanol–water partition coefficient (Wildman–Crippen LogP) is 4.83. The summed E-state index contributed by atoms with van der Waals surface area (Å²) in [7, 11) is 1.56. The molecule has 7 saturated heterocycles. The standard InChI is InChI=1S/C42H48N4O4/c1-3-39-19-24-18-38(23-46-29-11-7-5-9-27(29)42(32(24)46)13-15-44(35(39)42)21-30-33(39)50-30)22-45-16-12-41-26-8-4-6-10-28(26)43-31(41)25(34(47)48-2)20-40(36(41)45)14-17-49-37(38)40/h4-11,24,30,32-33,35-37,43H,3,12-23H2,1-2H3. The molecule has 12 unspecified atom stereocenters. The van der Waals surface area contributed by atoms with Crippen LogP contribution in [0.15, 0.2) is 59.8 Å². The topological polar surface area (TPSA) is 69.8 Å². The maximum absolute atomic E-state index is 13.9. The third-order valence-corrected chi connectivity index (χ3v) is 17.2.